The number of rotatable bonds is 4. The minimum Gasteiger partial charge on any atom is -0.494 e. The number of carbonyl (C=O) groups excluding carboxylic acids is 1. The van der Waals surface area contributed by atoms with Crippen LogP contribution < -0.4 is 5.43 Å². The molecule has 1 unspecified atom stereocenters. The van der Waals surface area contributed by atoms with Crippen LogP contribution in [-0.2, 0) is 11.0 Å². The van der Waals surface area contributed by atoms with Crippen molar-refractivity contribution in [3.05, 3.63) is 58.7 Å². The Morgan fingerprint density at radius 2 is 1.74 bits per heavy atom. The molecular weight excluding hydrogens is 411 g/mol. The molecule has 2 aromatic carbocycles. The lowest BCUT2D eigenvalue weighted by Crippen LogP contribution is -2.29. The summed E-state index contributed by atoms with van der Waals surface area (Å²) in [5.41, 5.74) is 4.04. The molecule has 3 aromatic rings. The average molecular weight is 433 g/mol. The van der Waals surface area contributed by atoms with Crippen LogP contribution in [0.25, 0.3) is 16.6 Å². The minimum atomic E-state index is -4.56. The van der Waals surface area contributed by atoms with E-state index in [9.17, 15) is 28.2 Å². The molecule has 9 heteroatoms. The van der Waals surface area contributed by atoms with Gasteiger partial charge in [0.1, 0.15) is 6.10 Å². The SMILES string of the molecule is CC(=NNC(=O)C(C)O)c1c(O)n(-c2cc(C)cc(C)c2)c2cc(C(F)(F)F)ccc12. The molecule has 1 atom stereocenters. The van der Waals surface area contributed by atoms with Crippen LogP contribution in [0.1, 0.15) is 36.1 Å². The smallest absolute Gasteiger partial charge is 0.416 e. The van der Waals surface area contributed by atoms with Gasteiger partial charge in [-0.3, -0.25) is 9.36 Å². The Bertz CT molecular complexity index is 1170. The van der Waals surface area contributed by atoms with Crippen LogP contribution >= 0.6 is 0 Å². The van der Waals surface area contributed by atoms with Crippen molar-refractivity contribution in [2.45, 2.75) is 40.0 Å². The summed E-state index contributed by atoms with van der Waals surface area (Å²) < 4.78 is 41.4. The van der Waals surface area contributed by atoms with E-state index in [0.29, 0.717) is 11.1 Å². The molecule has 0 aliphatic heterocycles. The van der Waals surface area contributed by atoms with Gasteiger partial charge >= 0.3 is 6.18 Å². The van der Waals surface area contributed by atoms with Crippen LogP contribution in [0.5, 0.6) is 5.88 Å². The van der Waals surface area contributed by atoms with E-state index in [0.717, 1.165) is 23.3 Å². The number of nitrogens with zero attached hydrogens (tertiary/aromatic N) is 2. The number of aliphatic hydroxyl groups is 1. The number of alkyl halides is 3. The van der Waals surface area contributed by atoms with Crippen molar-refractivity contribution in [3.8, 4) is 11.6 Å². The lowest BCUT2D eigenvalue weighted by molar-refractivity contribution is -0.137. The first-order chi connectivity index (χ1) is 14.4. The summed E-state index contributed by atoms with van der Waals surface area (Å²) in [5, 5.41) is 24.6. The van der Waals surface area contributed by atoms with Gasteiger partial charge < -0.3 is 10.2 Å². The highest BCUT2D eigenvalue weighted by molar-refractivity contribution is 6.13. The van der Waals surface area contributed by atoms with Gasteiger partial charge in [0.05, 0.1) is 22.4 Å². The third-order valence-corrected chi connectivity index (χ3v) is 4.81. The molecule has 0 saturated heterocycles. The standard InChI is InChI=1S/C22H22F3N3O3/c1-11-7-12(2)9-16(8-11)28-18-10-15(22(23,24)25)5-6-17(18)19(21(28)31)13(3)26-27-20(30)14(4)29/h5-10,14,29,31H,1-4H3,(H,27,30). The number of hydrogen-bond acceptors (Lipinski definition) is 4. The fourth-order valence-electron chi connectivity index (χ4n) is 3.44. The Hall–Kier alpha value is -3.33. The van der Waals surface area contributed by atoms with Crippen LogP contribution in [-0.4, -0.2) is 32.5 Å². The zero-order valence-corrected chi connectivity index (χ0v) is 17.4. The fourth-order valence-corrected chi connectivity index (χ4v) is 3.44. The summed E-state index contributed by atoms with van der Waals surface area (Å²) >= 11 is 0. The van der Waals surface area contributed by atoms with E-state index in [2.05, 4.69) is 10.5 Å². The van der Waals surface area contributed by atoms with E-state index in [4.69, 9.17) is 0 Å². The first-order valence-corrected chi connectivity index (χ1v) is 9.46. The minimum absolute atomic E-state index is 0.142. The van der Waals surface area contributed by atoms with E-state index in [-0.39, 0.29) is 22.7 Å². The number of aromatic nitrogens is 1. The highest BCUT2D eigenvalue weighted by atomic mass is 19.4. The van der Waals surface area contributed by atoms with Crippen LogP contribution in [0.4, 0.5) is 13.2 Å². The highest BCUT2D eigenvalue weighted by Gasteiger charge is 2.32. The van der Waals surface area contributed by atoms with Crippen molar-refractivity contribution in [2.24, 2.45) is 5.10 Å². The summed E-state index contributed by atoms with van der Waals surface area (Å²) in [6.07, 6.45) is -5.85. The van der Waals surface area contributed by atoms with Crippen LogP contribution in [0.2, 0.25) is 0 Å². The summed E-state index contributed by atoms with van der Waals surface area (Å²) in [4.78, 5) is 11.6. The van der Waals surface area contributed by atoms with Gasteiger partial charge in [0.15, 0.2) is 0 Å². The predicted molar refractivity (Wildman–Crippen MR) is 111 cm³/mol. The zero-order chi connectivity index (χ0) is 23.1. The number of amides is 1. The van der Waals surface area contributed by atoms with Crippen LogP contribution in [0, 0.1) is 13.8 Å². The summed E-state index contributed by atoms with van der Waals surface area (Å²) in [6.45, 7) is 6.46. The van der Waals surface area contributed by atoms with Crippen molar-refractivity contribution in [1.29, 1.82) is 0 Å². The monoisotopic (exact) mass is 433 g/mol. The van der Waals surface area contributed by atoms with Crippen LogP contribution in [0.3, 0.4) is 0 Å². The normalized spacial score (nSPS) is 13.5. The first-order valence-electron chi connectivity index (χ1n) is 9.46. The number of nitrogens with one attached hydrogen (secondary N) is 1. The molecule has 0 aliphatic carbocycles. The van der Waals surface area contributed by atoms with Crippen molar-refractivity contribution in [3.63, 3.8) is 0 Å². The fraction of sp³-hybridized carbons (Fsp3) is 0.273. The van der Waals surface area contributed by atoms with Gasteiger partial charge in [-0.05, 0) is 63.1 Å². The Morgan fingerprint density at radius 3 is 2.29 bits per heavy atom. The van der Waals surface area contributed by atoms with Gasteiger partial charge in [0, 0.05) is 11.1 Å². The van der Waals surface area contributed by atoms with Gasteiger partial charge in [-0.25, -0.2) is 5.43 Å². The van der Waals surface area contributed by atoms with Crippen LogP contribution in [0.15, 0.2) is 41.5 Å². The lowest BCUT2D eigenvalue weighted by atomic mass is 10.1. The average Bonchev–Trinajstić information content (AvgIpc) is 2.95. The number of fused-ring (bicyclic) bond motifs is 1. The molecule has 0 bridgehead atoms. The molecule has 1 amide bonds. The second kappa shape index (κ2) is 8.07. The molecule has 164 valence electrons. The second-order valence-corrected chi connectivity index (χ2v) is 7.46. The van der Waals surface area contributed by atoms with Crippen molar-refractivity contribution in [1.82, 2.24) is 9.99 Å². The highest BCUT2D eigenvalue weighted by Crippen LogP contribution is 2.39. The largest absolute Gasteiger partial charge is 0.494 e. The molecule has 0 spiro atoms. The quantitative estimate of drug-likeness (QED) is 0.426. The number of halogens is 3. The molecule has 0 saturated carbocycles. The topological polar surface area (TPSA) is 86.8 Å². The third kappa shape index (κ3) is 4.41. The maximum atomic E-state index is 13.4. The number of benzene rings is 2. The Kier molecular flexibility index (Phi) is 5.82. The van der Waals surface area contributed by atoms with E-state index in [1.165, 1.54) is 24.5 Å². The third-order valence-electron chi connectivity index (χ3n) is 4.81. The molecule has 3 N–H and O–H groups in total. The van der Waals surface area contributed by atoms with Crippen molar-refractivity contribution < 1.29 is 28.2 Å². The van der Waals surface area contributed by atoms with Gasteiger partial charge in [0.2, 0.25) is 5.88 Å². The number of hydrazone groups is 1. The van der Waals surface area contributed by atoms with Gasteiger partial charge in [-0.1, -0.05) is 12.1 Å². The summed E-state index contributed by atoms with van der Waals surface area (Å²) in [6, 6.07) is 8.57. The molecular formula is C22H22F3N3O3. The Morgan fingerprint density at radius 1 is 1.13 bits per heavy atom. The summed E-state index contributed by atoms with van der Waals surface area (Å²) in [7, 11) is 0. The lowest BCUT2D eigenvalue weighted by Gasteiger charge is -2.11. The first kappa shape index (κ1) is 22.4. The number of carbonyl (C=O) groups is 1. The number of aromatic hydroxyl groups is 1. The Labute approximate surface area is 176 Å². The van der Waals surface area contributed by atoms with E-state index in [1.54, 1.807) is 12.1 Å². The molecule has 6 nitrogen and oxygen atoms in total. The molecule has 0 fully saturated rings. The molecule has 1 heterocycles. The summed E-state index contributed by atoms with van der Waals surface area (Å²) in [5.74, 6) is -1.07. The van der Waals surface area contributed by atoms with Gasteiger partial charge in [-0.15, -0.1) is 0 Å². The number of aliphatic hydroxyl groups excluding tert-OH is 1. The predicted octanol–water partition coefficient (Wildman–Crippen LogP) is 4.19. The Balaban J connectivity index is 2.30. The zero-order valence-electron chi connectivity index (χ0n) is 17.4. The van der Waals surface area contributed by atoms with Crippen molar-refractivity contribution >= 4 is 22.5 Å². The van der Waals surface area contributed by atoms with E-state index in [1.807, 2.05) is 19.9 Å². The molecule has 0 aliphatic rings. The second-order valence-electron chi connectivity index (χ2n) is 7.46. The van der Waals surface area contributed by atoms with E-state index < -0.39 is 23.8 Å². The molecule has 3 rings (SSSR count). The molecule has 1 aromatic heterocycles. The number of hydrogen-bond donors (Lipinski definition) is 3. The van der Waals surface area contributed by atoms with E-state index >= 15 is 0 Å². The number of aryl methyl sites for hydroxylation is 2. The van der Waals surface area contributed by atoms with Gasteiger partial charge in [0.25, 0.3) is 5.91 Å². The maximum Gasteiger partial charge on any atom is 0.416 e. The molecule has 31 heavy (non-hydrogen) atoms. The van der Waals surface area contributed by atoms with Gasteiger partial charge in [-0.2, -0.15) is 18.3 Å². The molecule has 0 radical (unpaired) electrons. The van der Waals surface area contributed by atoms with Crippen molar-refractivity contribution in [2.75, 3.05) is 0 Å². The maximum absolute atomic E-state index is 13.4.